The van der Waals surface area contributed by atoms with Gasteiger partial charge in [-0.15, -0.1) is 10.2 Å². The van der Waals surface area contributed by atoms with Crippen molar-refractivity contribution in [3.8, 4) is 11.4 Å². The van der Waals surface area contributed by atoms with E-state index in [1.807, 2.05) is 67.1 Å². The second-order valence-electron chi connectivity index (χ2n) is 7.21. The van der Waals surface area contributed by atoms with Gasteiger partial charge in [-0.1, -0.05) is 42.5 Å². The number of Topliss-reactive ketones (excluding diaryl/α,β-unsaturated/α-hetero) is 1. The Balaban J connectivity index is 1.58. The van der Waals surface area contributed by atoms with Crippen molar-refractivity contribution >= 4 is 23.0 Å². The third-order valence-corrected chi connectivity index (χ3v) is 5.32. The highest BCUT2D eigenvalue weighted by molar-refractivity contribution is 6.11. The van der Waals surface area contributed by atoms with Crippen molar-refractivity contribution in [3.63, 3.8) is 0 Å². The fraction of sp³-hybridized carbons (Fsp3) is 0.217. The summed E-state index contributed by atoms with van der Waals surface area (Å²) in [5, 5.41) is 11.0. The zero-order valence-corrected chi connectivity index (χ0v) is 16.5. The van der Waals surface area contributed by atoms with Crippen LogP contribution in [0.25, 0.3) is 17.0 Å². The number of benzene rings is 2. The molecule has 1 amide bonds. The van der Waals surface area contributed by atoms with Crippen LogP contribution in [0, 0.1) is 6.92 Å². The molecule has 1 aromatic heterocycles. The molecule has 2 aromatic carbocycles. The average molecular weight is 386 g/mol. The summed E-state index contributed by atoms with van der Waals surface area (Å²) in [7, 11) is 1.88. The van der Waals surface area contributed by atoms with Crippen molar-refractivity contribution < 1.29 is 9.59 Å². The molecule has 0 radical (unpaired) electrons. The molecule has 0 unspecified atom stereocenters. The maximum atomic E-state index is 12.8. The molecule has 146 valence electrons. The highest BCUT2D eigenvalue weighted by Gasteiger charge is 2.26. The summed E-state index contributed by atoms with van der Waals surface area (Å²) in [5.41, 5.74) is 5.14. The first-order chi connectivity index (χ1) is 14.0. The van der Waals surface area contributed by atoms with Crippen molar-refractivity contribution in [3.05, 3.63) is 71.6 Å². The number of hydrogen-bond acceptors (Lipinski definition) is 4. The number of amides is 1. The maximum Gasteiger partial charge on any atom is 0.228 e. The van der Waals surface area contributed by atoms with Crippen molar-refractivity contribution in [2.45, 2.75) is 26.2 Å². The van der Waals surface area contributed by atoms with Gasteiger partial charge in [0.05, 0.1) is 6.42 Å². The molecule has 0 atom stereocenters. The first kappa shape index (κ1) is 18.8. The van der Waals surface area contributed by atoms with Crippen LogP contribution < -0.4 is 5.32 Å². The molecule has 1 heterocycles. The molecular weight excluding hydrogens is 364 g/mol. The number of hydrogen-bond donors (Lipinski definition) is 1. The van der Waals surface area contributed by atoms with Gasteiger partial charge in [0.2, 0.25) is 5.91 Å². The number of carbonyl (C=O) groups is 2. The van der Waals surface area contributed by atoms with E-state index in [9.17, 15) is 9.59 Å². The fourth-order valence-corrected chi connectivity index (χ4v) is 3.77. The van der Waals surface area contributed by atoms with Gasteiger partial charge in [0.25, 0.3) is 0 Å². The van der Waals surface area contributed by atoms with Crippen LogP contribution in [0.15, 0.2) is 60.4 Å². The topological polar surface area (TPSA) is 76.9 Å². The van der Waals surface area contributed by atoms with E-state index in [1.54, 1.807) is 6.33 Å². The molecule has 6 heteroatoms. The summed E-state index contributed by atoms with van der Waals surface area (Å²) in [5.74, 6) is 0.601. The smallest absolute Gasteiger partial charge is 0.228 e. The maximum absolute atomic E-state index is 12.8. The summed E-state index contributed by atoms with van der Waals surface area (Å²) in [6, 6.07) is 15.5. The number of anilines is 1. The quantitative estimate of drug-likeness (QED) is 0.721. The number of allylic oxidation sites excluding steroid dienone is 1. The van der Waals surface area contributed by atoms with E-state index in [-0.39, 0.29) is 18.1 Å². The van der Waals surface area contributed by atoms with Gasteiger partial charge in [-0.25, -0.2) is 0 Å². The molecule has 0 bridgehead atoms. The monoisotopic (exact) mass is 386 g/mol. The van der Waals surface area contributed by atoms with Crippen LogP contribution in [0.3, 0.4) is 0 Å². The summed E-state index contributed by atoms with van der Waals surface area (Å²) >= 11 is 0. The summed E-state index contributed by atoms with van der Waals surface area (Å²) in [6.45, 7) is 1.94. The normalized spacial score (nSPS) is 13.8. The number of rotatable bonds is 5. The Morgan fingerprint density at radius 1 is 1.10 bits per heavy atom. The molecule has 0 spiro atoms. The predicted octanol–water partition coefficient (Wildman–Crippen LogP) is 3.94. The van der Waals surface area contributed by atoms with Gasteiger partial charge >= 0.3 is 0 Å². The molecule has 3 aromatic rings. The van der Waals surface area contributed by atoms with E-state index < -0.39 is 0 Å². The van der Waals surface area contributed by atoms with Gasteiger partial charge < -0.3 is 9.88 Å². The summed E-state index contributed by atoms with van der Waals surface area (Å²) < 4.78 is 1.84. The van der Waals surface area contributed by atoms with Gasteiger partial charge in [-0.2, -0.15) is 0 Å². The Labute approximate surface area is 169 Å². The first-order valence-electron chi connectivity index (χ1n) is 9.59. The summed E-state index contributed by atoms with van der Waals surface area (Å²) in [6.07, 6.45) is 2.87. The first-order valence-corrected chi connectivity index (χ1v) is 9.59. The Morgan fingerprint density at radius 3 is 2.62 bits per heavy atom. The largest absolute Gasteiger partial charge is 0.326 e. The molecule has 1 aliphatic carbocycles. The number of nitrogens with zero attached hydrogens (tertiary/aromatic N) is 3. The lowest BCUT2D eigenvalue weighted by Crippen LogP contribution is -2.15. The Morgan fingerprint density at radius 2 is 1.90 bits per heavy atom. The molecule has 1 aliphatic rings. The second kappa shape index (κ2) is 7.83. The van der Waals surface area contributed by atoms with Crippen LogP contribution in [0.5, 0.6) is 0 Å². The van der Waals surface area contributed by atoms with E-state index in [0.29, 0.717) is 24.1 Å². The van der Waals surface area contributed by atoms with Crippen LogP contribution in [-0.2, 0) is 16.6 Å². The molecule has 1 N–H and O–H groups in total. The van der Waals surface area contributed by atoms with Gasteiger partial charge in [0, 0.05) is 30.3 Å². The minimum Gasteiger partial charge on any atom is -0.326 e. The lowest BCUT2D eigenvalue weighted by atomic mass is 9.99. The molecule has 0 fully saturated rings. The van der Waals surface area contributed by atoms with Crippen LogP contribution >= 0.6 is 0 Å². The average Bonchev–Trinajstić information content (AvgIpc) is 3.30. The molecule has 4 rings (SSSR count). The van der Waals surface area contributed by atoms with Gasteiger partial charge in [-0.3, -0.25) is 9.59 Å². The predicted molar refractivity (Wildman–Crippen MR) is 112 cm³/mol. The number of carbonyl (C=O) groups excluding carboxylic acids is 2. The van der Waals surface area contributed by atoms with E-state index in [4.69, 9.17) is 0 Å². The SMILES string of the molecule is Cc1c(NC(=O)CC2=C(c3ccccc3)CCC2=O)cccc1-c1nncn1C. The second-order valence-corrected chi connectivity index (χ2v) is 7.21. The molecule has 29 heavy (non-hydrogen) atoms. The molecule has 0 saturated carbocycles. The minimum absolute atomic E-state index is 0.0589. The zero-order valence-electron chi connectivity index (χ0n) is 16.5. The van der Waals surface area contributed by atoms with Crippen molar-refractivity contribution in [1.29, 1.82) is 0 Å². The fourth-order valence-electron chi connectivity index (χ4n) is 3.77. The van der Waals surface area contributed by atoms with Crippen molar-refractivity contribution in [1.82, 2.24) is 14.8 Å². The van der Waals surface area contributed by atoms with Crippen LogP contribution in [0.4, 0.5) is 5.69 Å². The van der Waals surface area contributed by atoms with E-state index in [1.165, 1.54) is 0 Å². The van der Waals surface area contributed by atoms with Gasteiger partial charge in [0.15, 0.2) is 11.6 Å². The zero-order chi connectivity index (χ0) is 20.4. The third-order valence-electron chi connectivity index (χ3n) is 5.32. The Bertz CT molecular complexity index is 1110. The van der Waals surface area contributed by atoms with Crippen molar-refractivity contribution in [2.24, 2.45) is 7.05 Å². The van der Waals surface area contributed by atoms with Crippen LogP contribution in [-0.4, -0.2) is 26.5 Å². The molecule has 0 saturated heterocycles. The highest BCUT2D eigenvalue weighted by Crippen LogP contribution is 2.34. The van der Waals surface area contributed by atoms with E-state index >= 15 is 0 Å². The third kappa shape index (κ3) is 3.74. The molecule has 6 nitrogen and oxygen atoms in total. The Kier molecular flexibility index (Phi) is 5.08. The Hall–Kier alpha value is -3.54. The number of ketones is 1. The molecular formula is C23H22N4O2. The standard InChI is InChI=1S/C23H22N4O2/c1-15-17(23-26-24-14-27(23)2)9-6-10-20(15)25-22(29)13-19-18(11-12-21(19)28)16-7-4-3-5-8-16/h3-10,14H,11-13H2,1-2H3,(H,25,29). The van der Waals surface area contributed by atoms with Crippen LogP contribution in [0.1, 0.15) is 30.4 Å². The number of nitrogens with one attached hydrogen (secondary N) is 1. The lowest BCUT2D eigenvalue weighted by molar-refractivity contribution is -0.119. The van der Waals surface area contributed by atoms with Crippen molar-refractivity contribution in [2.75, 3.05) is 5.32 Å². The van der Waals surface area contributed by atoms with Gasteiger partial charge in [0.1, 0.15) is 6.33 Å². The number of aryl methyl sites for hydroxylation is 1. The molecule has 0 aliphatic heterocycles. The lowest BCUT2D eigenvalue weighted by Gasteiger charge is -2.13. The summed E-state index contributed by atoms with van der Waals surface area (Å²) in [4.78, 5) is 25.2. The van der Waals surface area contributed by atoms with E-state index in [0.717, 1.165) is 28.1 Å². The minimum atomic E-state index is -0.193. The highest BCUT2D eigenvalue weighted by atomic mass is 16.2. The van der Waals surface area contributed by atoms with Gasteiger partial charge in [-0.05, 0) is 36.1 Å². The number of aromatic nitrogens is 3. The van der Waals surface area contributed by atoms with E-state index in [2.05, 4.69) is 15.5 Å². The van der Waals surface area contributed by atoms with Crippen LogP contribution in [0.2, 0.25) is 0 Å².